The topological polar surface area (TPSA) is 71.5 Å². The number of hydrogen-bond donors (Lipinski definition) is 2. The van der Waals surface area contributed by atoms with Crippen LogP contribution in [0.1, 0.15) is 6.42 Å². The first-order valence-electron chi connectivity index (χ1n) is 5.36. The van der Waals surface area contributed by atoms with E-state index in [9.17, 15) is 10.2 Å². The second-order valence-electron chi connectivity index (χ2n) is 4.59. The molecule has 86 valence electrons. The van der Waals surface area contributed by atoms with Gasteiger partial charge in [0.05, 0.1) is 19.3 Å². The van der Waals surface area contributed by atoms with Crippen LogP contribution in [0.2, 0.25) is 0 Å². The lowest BCUT2D eigenvalue weighted by atomic mass is 9.83. The summed E-state index contributed by atoms with van der Waals surface area (Å²) in [5.41, 5.74) is -0.606. The van der Waals surface area contributed by atoms with Gasteiger partial charge >= 0.3 is 0 Å². The Balaban J connectivity index is 1.91. The maximum Gasteiger partial charge on any atom is 0.160 e. The Morgan fingerprint density at radius 2 is 2.33 bits per heavy atom. The lowest BCUT2D eigenvalue weighted by Crippen LogP contribution is -2.45. The summed E-state index contributed by atoms with van der Waals surface area (Å²) in [6.45, 7) is 0.482. The maximum atomic E-state index is 9.82. The summed E-state index contributed by atoms with van der Waals surface area (Å²) >= 11 is 0. The minimum atomic E-state index is -0.832. The van der Waals surface area contributed by atoms with Gasteiger partial charge in [0, 0.05) is 18.9 Å². The fourth-order valence-electron chi connectivity index (χ4n) is 3.36. The monoisotopic (exact) mass is 216 g/mol. The molecule has 2 N–H and O–H groups in total. The standard InChI is InChI=1S/C10H16O5/c1-13-7-5-2-3-14-9(12)6(5)10(4-11)8(7)15-10/h5-9,11-12H,2-4H2,1H3/t5-,6-,7+,8+,9+,10-/m1/s1. The fourth-order valence-corrected chi connectivity index (χ4v) is 3.36. The molecule has 2 saturated heterocycles. The Kier molecular flexibility index (Phi) is 2.10. The predicted octanol–water partition coefficient (Wildman–Crippen LogP) is -0.884. The van der Waals surface area contributed by atoms with Crippen molar-refractivity contribution in [2.45, 2.75) is 30.5 Å². The molecule has 1 saturated carbocycles. The highest BCUT2D eigenvalue weighted by atomic mass is 16.7. The third-order valence-corrected chi connectivity index (χ3v) is 4.08. The van der Waals surface area contributed by atoms with Crippen molar-refractivity contribution in [2.75, 3.05) is 20.3 Å². The van der Waals surface area contributed by atoms with Gasteiger partial charge in [-0.15, -0.1) is 0 Å². The van der Waals surface area contributed by atoms with Crippen LogP contribution in [-0.4, -0.2) is 54.6 Å². The van der Waals surface area contributed by atoms with Crippen LogP contribution in [0.15, 0.2) is 0 Å². The molecule has 0 spiro atoms. The lowest BCUT2D eigenvalue weighted by molar-refractivity contribution is -0.207. The van der Waals surface area contributed by atoms with E-state index in [1.165, 1.54) is 0 Å². The van der Waals surface area contributed by atoms with E-state index in [2.05, 4.69) is 0 Å². The summed E-state index contributed by atoms with van der Waals surface area (Å²) in [5.74, 6) is 0.0934. The zero-order valence-electron chi connectivity index (χ0n) is 8.63. The van der Waals surface area contributed by atoms with Crippen LogP contribution in [0.3, 0.4) is 0 Å². The average Bonchev–Trinajstić information content (AvgIpc) is 2.89. The smallest absolute Gasteiger partial charge is 0.160 e. The third-order valence-electron chi connectivity index (χ3n) is 4.08. The summed E-state index contributed by atoms with van der Waals surface area (Å²) in [7, 11) is 1.65. The van der Waals surface area contributed by atoms with Gasteiger partial charge in [-0.25, -0.2) is 0 Å². The first kappa shape index (κ1) is 9.99. The van der Waals surface area contributed by atoms with Crippen molar-refractivity contribution in [3.05, 3.63) is 0 Å². The van der Waals surface area contributed by atoms with Gasteiger partial charge in [0.25, 0.3) is 0 Å². The molecular weight excluding hydrogens is 200 g/mol. The molecule has 0 aromatic carbocycles. The molecule has 3 aliphatic rings. The van der Waals surface area contributed by atoms with E-state index in [1.807, 2.05) is 0 Å². The highest BCUT2D eigenvalue weighted by molar-refractivity contribution is 5.21. The summed E-state index contributed by atoms with van der Waals surface area (Å²) in [4.78, 5) is 0. The highest BCUT2D eigenvalue weighted by Gasteiger charge is 2.75. The second-order valence-corrected chi connectivity index (χ2v) is 4.59. The first-order chi connectivity index (χ1) is 7.24. The zero-order valence-corrected chi connectivity index (χ0v) is 8.63. The van der Waals surface area contributed by atoms with Gasteiger partial charge in [-0.1, -0.05) is 0 Å². The van der Waals surface area contributed by atoms with Crippen molar-refractivity contribution in [3.8, 4) is 0 Å². The van der Waals surface area contributed by atoms with Gasteiger partial charge in [-0.05, 0) is 6.42 Å². The number of methoxy groups -OCH3 is 1. The van der Waals surface area contributed by atoms with Gasteiger partial charge in [0.1, 0.15) is 11.7 Å². The van der Waals surface area contributed by atoms with Crippen LogP contribution >= 0.6 is 0 Å². The van der Waals surface area contributed by atoms with Crippen molar-refractivity contribution in [2.24, 2.45) is 11.8 Å². The number of aliphatic hydroxyl groups is 2. The fraction of sp³-hybridized carbons (Fsp3) is 1.00. The first-order valence-corrected chi connectivity index (χ1v) is 5.36. The van der Waals surface area contributed by atoms with Crippen molar-refractivity contribution >= 4 is 0 Å². The molecule has 6 atom stereocenters. The van der Waals surface area contributed by atoms with E-state index in [4.69, 9.17) is 14.2 Å². The number of ether oxygens (including phenoxy) is 3. The number of rotatable bonds is 2. The van der Waals surface area contributed by atoms with Crippen molar-refractivity contribution < 1.29 is 24.4 Å². The molecule has 0 amide bonds. The molecule has 0 aromatic rings. The molecular formula is C10H16O5. The van der Waals surface area contributed by atoms with E-state index < -0.39 is 11.9 Å². The van der Waals surface area contributed by atoms with Crippen LogP contribution in [0.4, 0.5) is 0 Å². The van der Waals surface area contributed by atoms with Crippen molar-refractivity contribution in [3.63, 3.8) is 0 Å². The quantitative estimate of drug-likeness (QED) is 0.586. The van der Waals surface area contributed by atoms with Crippen molar-refractivity contribution in [1.29, 1.82) is 0 Å². The largest absolute Gasteiger partial charge is 0.393 e. The van der Waals surface area contributed by atoms with Crippen LogP contribution in [0, 0.1) is 11.8 Å². The van der Waals surface area contributed by atoms with E-state index in [0.717, 1.165) is 6.42 Å². The predicted molar refractivity (Wildman–Crippen MR) is 49.0 cm³/mol. The average molecular weight is 216 g/mol. The molecule has 1 aliphatic carbocycles. The molecule has 3 fully saturated rings. The number of fused-ring (bicyclic) bond motifs is 3. The Morgan fingerprint density at radius 3 is 3.00 bits per heavy atom. The summed E-state index contributed by atoms with van der Waals surface area (Å²) < 4.78 is 16.1. The third kappa shape index (κ3) is 1.10. The Bertz CT molecular complexity index is 271. The zero-order chi connectivity index (χ0) is 10.6. The van der Waals surface area contributed by atoms with Gasteiger partial charge in [0.2, 0.25) is 0 Å². The van der Waals surface area contributed by atoms with E-state index in [-0.39, 0.29) is 30.7 Å². The lowest BCUT2D eigenvalue weighted by Gasteiger charge is -2.36. The molecule has 2 aliphatic heterocycles. The molecule has 3 rings (SSSR count). The molecule has 5 nitrogen and oxygen atoms in total. The highest BCUT2D eigenvalue weighted by Crippen LogP contribution is 2.60. The minimum Gasteiger partial charge on any atom is -0.393 e. The SMILES string of the molecule is CO[C@H]1[C@@H]2CCO[C@H](O)[C@@H]2[C@@]2(CO)O[C@@H]12. The second kappa shape index (κ2) is 3.15. The molecule has 0 aromatic heterocycles. The van der Waals surface area contributed by atoms with Gasteiger partial charge in [-0.2, -0.15) is 0 Å². The number of hydrogen-bond acceptors (Lipinski definition) is 5. The Hall–Kier alpha value is -0.200. The van der Waals surface area contributed by atoms with Crippen LogP contribution < -0.4 is 0 Å². The molecule has 5 heteroatoms. The van der Waals surface area contributed by atoms with Gasteiger partial charge in [0.15, 0.2) is 6.29 Å². The van der Waals surface area contributed by atoms with E-state index >= 15 is 0 Å². The molecule has 0 bridgehead atoms. The van der Waals surface area contributed by atoms with E-state index in [1.54, 1.807) is 7.11 Å². The van der Waals surface area contributed by atoms with Gasteiger partial charge < -0.3 is 24.4 Å². The summed E-state index contributed by atoms with van der Waals surface area (Å²) in [6.07, 6.45) is -0.0532. The molecule has 2 heterocycles. The number of aliphatic hydroxyl groups excluding tert-OH is 2. The Morgan fingerprint density at radius 1 is 1.53 bits per heavy atom. The molecule has 0 unspecified atom stereocenters. The summed E-state index contributed by atoms with van der Waals surface area (Å²) in [6, 6.07) is 0. The summed E-state index contributed by atoms with van der Waals surface area (Å²) in [5, 5.41) is 19.2. The number of epoxide rings is 1. The van der Waals surface area contributed by atoms with Crippen molar-refractivity contribution in [1.82, 2.24) is 0 Å². The molecule has 15 heavy (non-hydrogen) atoms. The van der Waals surface area contributed by atoms with Crippen LogP contribution in [-0.2, 0) is 14.2 Å². The van der Waals surface area contributed by atoms with E-state index in [0.29, 0.717) is 6.61 Å². The van der Waals surface area contributed by atoms with Gasteiger partial charge in [-0.3, -0.25) is 0 Å². The Labute approximate surface area is 87.9 Å². The maximum absolute atomic E-state index is 9.82. The molecule has 0 radical (unpaired) electrons. The minimum absolute atomic E-state index is 0.0132. The van der Waals surface area contributed by atoms with Crippen LogP contribution in [0.25, 0.3) is 0 Å². The normalized spacial score (nSPS) is 57.4. The van der Waals surface area contributed by atoms with Crippen LogP contribution in [0.5, 0.6) is 0 Å².